The molecule has 0 unspecified atom stereocenters. The second-order valence-electron chi connectivity index (χ2n) is 6.37. The molecule has 0 fully saturated rings. The van der Waals surface area contributed by atoms with E-state index in [1.165, 1.54) is 0 Å². The van der Waals surface area contributed by atoms with E-state index in [2.05, 4.69) is 5.32 Å². The first-order valence-electron chi connectivity index (χ1n) is 9.06. The first-order valence-corrected chi connectivity index (χ1v) is 9.43. The summed E-state index contributed by atoms with van der Waals surface area (Å²) >= 11 is 5.94. The summed E-state index contributed by atoms with van der Waals surface area (Å²) in [5, 5.41) is 3.52. The zero-order valence-electron chi connectivity index (χ0n) is 15.0. The molecule has 0 aliphatic carbocycles. The van der Waals surface area contributed by atoms with Gasteiger partial charge in [-0.3, -0.25) is 9.59 Å². The van der Waals surface area contributed by atoms with Crippen LogP contribution in [0.2, 0.25) is 5.02 Å². The van der Waals surface area contributed by atoms with Crippen LogP contribution in [0.5, 0.6) is 11.5 Å². The van der Waals surface area contributed by atoms with Gasteiger partial charge in [0.1, 0.15) is 0 Å². The van der Waals surface area contributed by atoms with E-state index in [0.717, 1.165) is 12.0 Å². The second kappa shape index (κ2) is 9.42. The Bertz CT molecular complexity index is 822. The van der Waals surface area contributed by atoms with Crippen LogP contribution in [0, 0.1) is 0 Å². The lowest BCUT2D eigenvalue weighted by Gasteiger charge is -2.09. The smallest absolute Gasteiger partial charge is 0.220 e. The minimum absolute atomic E-state index is 0.0874. The molecule has 6 heteroatoms. The van der Waals surface area contributed by atoms with E-state index in [-0.39, 0.29) is 24.5 Å². The number of rotatable bonds is 7. The van der Waals surface area contributed by atoms with Gasteiger partial charge in [0.05, 0.1) is 13.2 Å². The minimum atomic E-state index is -0.139. The molecule has 0 aromatic heterocycles. The lowest BCUT2D eigenvalue weighted by atomic mass is 10.1. The summed E-state index contributed by atoms with van der Waals surface area (Å²) in [5.41, 5.74) is 1.59. The van der Waals surface area contributed by atoms with Crippen molar-refractivity contribution in [3.8, 4) is 11.5 Å². The molecule has 0 radical (unpaired) electrons. The fourth-order valence-corrected chi connectivity index (χ4v) is 3.05. The summed E-state index contributed by atoms with van der Waals surface area (Å²) in [4.78, 5) is 24.3. The molecule has 27 heavy (non-hydrogen) atoms. The molecule has 0 saturated carbocycles. The van der Waals surface area contributed by atoms with Crippen LogP contribution in [0.3, 0.4) is 0 Å². The number of Topliss-reactive ketones (excluding diaryl/α,β-unsaturated/α-hetero) is 1. The Morgan fingerprint density at radius 1 is 1.00 bits per heavy atom. The molecular formula is C21H22ClNO4. The lowest BCUT2D eigenvalue weighted by Crippen LogP contribution is -2.26. The van der Waals surface area contributed by atoms with Gasteiger partial charge in [0.2, 0.25) is 5.91 Å². The van der Waals surface area contributed by atoms with E-state index in [1.807, 2.05) is 24.3 Å². The number of amides is 1. The maximum atomic E-state index is 12.4. The van der Waals surface area contributed by atoms with Crippen LogP contribution in [0.25, 0.3) is 0 Å². The van der Waals surface area contributed by atoms with Crippen molar-refractivity contribution in [2.24, 2.45) is 0 Å². The van der Waals surface area contributed by atoms with Crippen molar-refractivity contribution in [1.82, 2.24) is 5.32 Å². The monoisotopic (exact) mass is 387 g/mol. The van der Waals surface area contributed by atoms with E-state index in [0.29, 0.717) is 48.3 Å². The van der Waals surface area contributed by atoms with Gasteiger partial charge in [0.15, 0.2) is 17.3 Å². The van der Waals surface area contributed by atoms with Crippen molar-refractivity contribution in [3.63, 3.8) is 0 Å². The van der Waals surface area contributed by atoms with Gasteiger partial charge in [-0.2, -0.15) is 0 Å². The van der Waals surface area contributed by atoms with Crippen molar-refractivity contribution in [2.75, 3.05) is 19.8 Å². The number of hydrogen-bond acceptors (Lipinski definition) is 4. The molecular weight excluding hydrogens is 366 g/mol. The standard InChI is InChI=1S/C21H22ClNO4/c22-17-4-1-3-15(13-17)9-10-23-21(25)8-6-18(24)16-5-7-19-20(14-16)27-12-2-11-26-19/h1,3-5,7,13-14H,2,6,8-12H2,(H,23,25). The third kappa shape index (κ3) is 5.73. The third-order valence-electron chi connectivity index (χ3n) is 4.27. The molecule has 1 aliphatic heterocycles. The highest BCUT2D eigenvalue weighted by molar-refractivity contribution is 6.30. The fourth-order valence-electron chi connectivity index (χ4n) is 2.84. The fraction of sp³-hybridized carbons (Fsp3) is 0.333. The quantitative estimate of drug-likeness (QED) is 0.733. The number of benzene rings is 2. The number of carbonyl (C=O) groups excluding carboxylic acids is 2. The maximum absolute atomic E-state index is 12.4. The molecule has 1 heterocycles. The Hall–Kier alpha value is -2.53. The van der Waals surface area contributed by atoms with Crippen LogP contribution in [0.1, 0.15) is 35.2 Å². The Morgan fingerprint density at radius 2 is 1.81 bits per heavy atom. The summed E-state index contributed by atoms with van der Waals surface area (Å²) in [5.74, 6) is 1.02. The first-order chi connectivity index (χ1) is 13.1. The maximum Gasteiger partial charge on any atom is 0.220 e. The van der Waals surface area contributed by atoms with Crippen molar-refractivity contribution >= 4 is 23.3 Å². The van der Waals surface area contributed by atoms with Gasteiger partial charge in [-0.1, -0.05) is 23.7 Å². The largest absolute Gasteiger partial charge is 0.490 e. The highest BCUT2D eigenvalue weighted by Crippen LogP contribution is 2.30. The number of fused-ring (bicyclic) bond motifs is 1. The number of carbonyl (C=O) groups is 2. The molecule has 2 aromatic carbocycles. The van der Waals surface area contributed by atoms with Crippen molar-refractivity contribution in [3.05, 3.63) is 58.6 Å². The van der Waals surface area contributed by atoms with Gasteiger partial charge in [0, 0.05) is 36.4 Å². The van der Waals surface area contributed by atoms with Crippen LogP contribution in [-0.4, -0.2) is 31.4 Å². The molecule has 5 nitrogen and oxygen atoms in total. The number of halogens is 1. The first kappa shape index (κ1) is 19.2. The Balaban J connectivity index is 1.44. The van der Waals surface area contributed by atoms with Gasteiger partial charge in [-0.25, -0.2) is 0 Å². The Labute approximate surface area is 163 Å². The summed E-state index contributed by atoms with van der Waals surface area (Å²) in [6.07, 6.45) is 1.82. The summed E-state index contributed by atoms with van der Waals surface area (Å²) < 4.78 is 11.2. The van der Waals surface area contributed by atoms with Crippen LogP contribution in [-0.2, 0) is 11.2 Å². The van der Waals surface area contributed by atoms with E-state index < -0.39 is 0 Å². The topological polar surface area (TPSA) is 64.6 Å². The number of nitrogens with one attached hydrogen (secondary N) is 1. The number of hydrogen-bond donors (Lipinski definition) is 1. The number of ketones is 1. The average Bonchev–Trinajstić information content (AvgIpc) is 2.91. The van der Waals surface area contributed by atoms with Crippen LogP contribution in [0.4, 0.5) is 0 Å². The highest BCUT2D eigenvalue weighted by Gasteiger charge is 2.15. The van der Waals surface area contributed by atoms with E-state index in [1.54, 1.807) is 18.2 Å². The minimum Gasteiger partial charge on any atom is -0.490 e. The SMILES string of the molecule is O=C(CCC(=O)c1ccc2c(c1)OCCCO2)NCCc1cccc(Cl)c1. The van der Waals surface area contributed by atoms with E-state index in [4.69, 9.17) is 21.1 Å². The third-order valence-corrected chi connectivity index (χ3v) is 4.51. The molecule has 0 spiro atoms. The normalized spacial score (nSPS) is 12.9. The predicted octanol–water partition coefficient (Wildman–Crippen LogP) is 3.82. The van der Waals surface area contributed by atoms with Crippen molar-refractivity contribution in [2.45, 2.75) is 25.7 Å². The van der Waals surface area contributed by atoms with Crippen LogP contribution in [0.15, 0.2) is 42.5 Å². The van der Waals surface area contributed by atoms with Gasteiger partial charge >= 0.3 is 0 Å². The average molecular weight is 388 g/mol. The summed E-state index contributed by atoms with van der Waals surface area (Å²) in [6.45, 7) is 1.69. The zero-order chi connectivity index (χ0) is 19.1. The van der Waals surface area contributed by atoms with Crippen molar-refractivity contribution < 1.29 is 19.1 Å². The molecule has 3 rings (SSSR count). The van der Waals surface area contributed by atoms with Gasteiger partial charge in [0.25, 0.3) is 0 Å². The van der Waals surface area contributed by atoms with Gasteiger partial charge < -0.3 is 14.8 Å². The predicted molar refractivity (Wildman–Crippen MR) is 104 cm³/mol. The van der Waals surface area contributed by atoms with Gasteiger partial charge in [-0.05, 0) is 42.3 Å². The van der Waals surface area contributed by atoms with E-state index >= 15 is 0 Å². The lowest BCUT2D eigenvalue weighted by molar-refractivity contribution is -0.121. The molecule has 0 atom stereocenters. The molecule has 1 amide bonds. The Morgan fingerprint density at radius 3 is 2.63 bits per heavy atom. The molecule has 2 aromatic rings. The molecule has 0 saturated heterocycles. The van der Waals surface area contributed by atoms with Crippen molar-refractivity contribution in [1.29, 1.82) is 0 Å². The second-order valence-corrected chi connectivity index (χ2v) is 6.80. The molecule has 1 N–H and O–H groups in total. The highest BCUT2D eigenvalue weighted by atomic mass is 35.5. The van der Waals surface area contributed by atoms with E-state index in [9.17, 15) is 9.59 Å². The van der Waals surface area contributed by atoms with Crippen LogP contribution < -0.4 is 14.8 Å². The summed E-state index contributed by atoms with van der Waals surface area (Å²) in [7, 11) is 0. The molecule has 142 valence electrons. The van der Waals surface area contributed by atoms with Crippen LogP contribution >= 0.6 is 11.6 Å². The molecule has 0 bridgehead atoms. The Kier molecular flexibility index (Phi) is 6.71. The number of ether oxygens (including phenoxy) is 2. The molecule has 1 aliphatic rings. The zero-order valence-corrected chi connectivity index (χ0v) is 15.8. The van der Waals surface area contributed by atoms with Gasteiger partial charge in [-0.15, -0.1) is 0 Å². The summed E-state index contributed by atoms with van der Waals surface area (Å²) in [6, 6.07) is 12.7.